The van der Waals surface area contributed by atoms with E-state index < -0.39 is 0 Å². The number of fused-ring (bicyclic) bond motifs is 1. The number of rotatable bonds is 4. The van der Waals surface area contributed by atoms with Gasteiger partial charge < -0.3 is 24.1 Å². The minimum atomic E-state index is -0.250. The van der Waals surface area contributed by atoms with E-state index in [1.54, 1.807) is 0 Å². The van der Waals surface area contributed by atoms with Gasteiger partial charge >= 0.3 is 0 Å². The van der Waals surface area contributed by atoms with Gasteiger partial charge in [-0.3, -0.25) is 9.69 Å². The summed E-state index contributed by atoms with van der Waals surface area (Å²) in [6.45, 7) is 4.62. The molecule has 27 heavy (non-hydrogen) atoms. The van der Waals surface area contributed by atoms with Gasteiger partial charge in [-0.15, -0.1) is 0 Å². The maximum Gasteiger partial charge on any atom is 0.290 e. The molecule has 0 spiro atoms. The molecule has 9 nitrogen and oxygen atoms in total. The lowest BCUT2D eigenvalue weighted by atomic mass is 10.1. The fraction of sp³-hybridized carbons (Fsp3) is 0.611. The highest BCUT2D eigenvalue weighted by Crippen LogP contribution is 2.33. The van der Waals surface area contributed by atoms with Crippen LogP contribution >= 0.6 is 0 Å². The van der Waals surface area contributed by atoms with Crippen molar-refractivity contribution in [2.75, 3.05) is 26.3 Å². The quantitative estimate of drug-likeness (QED) is 0.755. The lowest BCUT2D eigenvalue weighted by Crippen LogP contribution is -2.46. The summed E-state index contributed by atoms with van der Waals surface area (Å²) >= 11 is 0. The predicted octanol–water partition coefficient (Wildman–Crippen LogP) is 0.689. The summed E-state index contributed by atoms with van der Waals surface area (Å²) in [6, 6.07) is 0.858. The molecule has 2 aromatic heterocycles. The summed E-state index contributed by atoms with van der Waals surface area (Å²) in [5.41, 5.74) is 0.930. The third kappa shape index (κ3) is 4.20. The maximum absolute atomic E-state index is 9.13. The number of nitrogens with zero attached hydrogens (tertiary/aromatic N) is 5. The Morgan fingerprint density at radius 1 is 1.37 bits per heavy atom. The second kappa shape index (κ2) is 8.64. The highest BCUT2D eigenvalue weighted by Gasteiger charge is 2.38. The Labute approximate surface area is 158 Å². The monoisotopic (exact) mass is 377 g/mol. The van der Waals surface area contributed by atoms with Crippen LogP contribution in [-0.2, 0) is 16.6 Å². The molecule has 0 aromatic carbocycles. The van der Waals surface area contributed by atoms with Crippen molar-refractivity contribution in [3.63, 3.8) is 0 Å². The van der Waals surface area contributed by atoms with Gasteiger partial charge in [0, 0.05) is 57.4 Å². The molecule has 2 saturated heterocycles. The van der Waals surface area contributed by atoms with Crippen LogP contribution in [0.5, 0.6) is 0 Å². The van der Waals surface area contributed by atoms with Gasteiger partial charge in [-0.2, -0.15) is 0 Å². The fourth-order valence-corrected chi connectivity index (χ4v) is 3.91. The average molecular weight is 377 g/mol. The van der Waals surface area contributed by atoms with Crippen molar-refractivity contribution in [2.24, 2.45) is 7.05 Å². The molecule has 2 aromatic rings. The minimum Gasteiger partial charge on any atom is -0.483 e. The number of ether oxygens (including phenoxy) is 1. The molecule has 148 valence electrons. The number of aryl methyl sites for hydroxylation is 2. The first-order valence-corrected chi connectivity index (χ1v) is 9.14. The first-order chi connectivity index (χ1) is 13.1. The lowest BCUT2D eigenvalue weighted by molar-refractivity contribution is -0.122. The first-order valence-electron chi connectivity index (χ1n) is 9.14. The third-order valence-corrected chi connectivity index (χ3v) is 5.32. The van der Waals surface area contributed by atoms with Crippen LogP contribution in [0, 0.1) is 6.92 Å². The predicted molar refractivity (Wildman–Crippen MR) is 98.3 cm³/mol. The van der Waals surface area contributed by atoms with E-state index in [1.807, 2.05) is 30.9 Å². The number of aromatic nitrogens is 4. The molecule has 2 fully saturated rings. The summed E-state index contributed by atoms with van der Waals surface area (Å²) in [5, 5.41) is 16.0. The van der Waals surface area contributed by atoms with E-state index in [2.05, 4.69) is 25.6 Å². The third-order valence-electron chi connectivity index (χ3n) is 5.32. The molecule has 9 heteroatoms. The molecule has 4 rings (SSSR count). The number of hydrogen-bond acceptors (Lipinski definition) is 6. The van der Waals surface area contributed by atoms with E-state index in [4.69, 9.17) is 19.7 Å². The summed E-state index contributed by atoms with van der Waals surface area (Å²) in [6.07, 6.45) is 7.91. The molecule has 2 N–H and O–H groups in total. The van der Waals surface area contributed by atoms with Crippen molar-refractivity contribution in [1.82, 2.24) is 24.0 Å². The Kier molecular flexibility index (Phi) is 6.25. The van der Waals surface area contributed by atoms with Crippen molar-refractivity contribution in [3.05, 3.63) is 24.4 Å². The van der Waals surface area contributed by atoms with Crippen LogP contribution in [0.1, 0.15) is 24.7 Å². The van der Waals surface area contributed by atoms with E-state index >= 15 is 0 Å². The zero-order valence-electron chi connectivity index (χ0n) is 15.7. The number of carbonyl (C=O) groups is 1. The van der Waals surface area contributed by atoms with Crippen molar-refractivity contribution in [2.45, 2.75) is 38.0 Å². The maximum atomic E-state index is 9.13. The van der Waals surface area contributed by atoms with Crippen LogP contribution in [-0.4, -0.2) is 79.1 Å². The SMILES string of the molecule is Cc1nc(-c2nccn2[C@H]2C[C@H]3CO[C@@H](CCO)CN3C2)cn1C.O=CO. The second-order valence-corrected chi connectivity index (χ2v) is 7.01. The highest BCUT2D eigenvalue weighted by atomic mass is 16.5. The van der Waals surface area contributed by atoms with Crippen LogP contribution in [0.25, 0.3) is 11.5 Å². The number of carboxylic acid groups (broad SMARTS) is 1. The van der Waals surface area contributed by atoms with Gasteiger partial charge in [-0.05, 0) is 19.8 Å². The van der Waals surface area contributed by atoms with E-state index in [0.717, 1.165) is 49.9 Å². The zero-order chi connectivity index (χ0) is 19.4. The topological polar surface area (TPSA) is 106 Å². The Hall–Kier alpha value is -2.23. The van der Waals surface area contributed by atoms with Crippen molar-refractivity contribution < 1.29 is 19.7 Å². The van der Waals surface area contributed by atoms with Crippen LogP contribution in [0.4, 0.5) is 0 Å². The smallest absolute Gasteiger partial charge is 0.290 e. The Bertz CT molecular complexity index is 739. The molecule has 0 bridgehead atoms. The molecule has 0 amide bonds. The molecule has 0 saturated carbocycles. The summed E-state index contributed by atoms with van der Waals surface area (Å²) < 4.78 is 10.2. The van der Waals surface area contributed by atoms with Gasteiger partial charge in [0.15, 0.2) is 5.82 Å². The standard InChI is InChI=1S/C17H25N5O2.CH2O2/c1-12-19-16(10-20(12)2)17-18-4-5-22(17)13-7-14-11-24-15(3-6-23)9-21(14)8-13;2-1-3/h4-5,10,13-15,23H,3,6-9,11H2,1-2H3;1H,(H,2,3)/t13-,14-,15-;/m0./s1. The van der Waals surface area contributed by atoms with Gasteiger partial charge in [0.25, 0.3) is 6.47 Å². The van der Waals surface area contributed by atoms with Gasteiger partial charge in [0.2, 0.25) is 0 Å². The van der Waals surface area contributed by atoms with E-state index in [-0.39, 0.29) is 19.2 Å². The van der Waals surface area contributed by atoms with Crippen LogP contribution in [0.3, 0.4) is 0 Å². The molecule has 0 unspecified atom stereocenters. The normalized spacial score (nSPS) is 24.9. The summed E-state index contributed by atoms with van der Waals surface area (Å²) in [4.78, 5) is 20.0. The second-order valence-electron chi connectivity index (χ2n) is 7.01. The molecular formula is C18H27N5O4. The molecular weight excluding hydrogens is 350 g/mol. The Morgan fingerprint density at radius 3 is 2.81 bits per heavy atom. The number of aliphatic hydroxyl groups is 1. The number of imidazole rings is 2. The molecule has 0 radical (unpaired) electrons. The number of hydrogen-bond donors (Lipinski definition) is 2. The largest absolute Gasteiger partial charge is 0.483 e. The highest BCUT2D eigenvalue weighted by molar-refractivity contribution is 5.49. The van der Waals surface area contributed by atoms with E-state index in [1.165, 1.54) is 0 Å². The molecule has 2 aliphatic rings. The molecule has 0 aliphatic carbocycles. The van der Waals surface area contributed by atoms with Gasteiger partial charge in [0.05, 0.1) is 12.7 Å². The van der Waals surface area contributed by atoms with Crippen LogP contribution < -0.4 is 0 Å². The summed E-state index contributed by atoms with van der Waals surface area (Å²) in [7, 11) is 2.01. The minimum absolute atomic E-state index is 0.158. The Morgan fingerprint density at radius 2 is 2.15 bits per heavy atom. The fourth-order valence-electron chi connectivity index (χ4n) is 3.91. The summed E-state index contributed by atoms with van der Waals surface area (Å²) in [5.74, 6) is 1.93. The van der Waals surface area contributed by atoms with E-state index in [9.17, 15) is 0 Å². The number of aliphatic hydroxyl groups excluding tert-OH is 1. The first kappa shape index (κ1) is 19.5. The van der Waals surface area contributed by atoms with Crippen LogP contribution in [0.15, 0.2) is 18.6 Å². The van der Waals surface area contributed by atoms with Crippen molar-refractivity contribution in [3.8, 4) is 11.5 Å². The Balaban J connectivity index is 0.000000659. The van der Waals surface area contributed by atoms with Crippen molar-refractivity contribution in [1.29, 1.82) is 0 Å². The zero-order valence-corrected chi connectivity index (χ0v) is 15.7. The van der Waals surface area contributed by atoms with Gasteiger partial charge in [-0.25, -0.2) is 9.97 Å². The van der Waals surface area contributed by atoms with Gasteiger partial charge in [0.1, 0.15) is 11.5 Å². The van der Waals surface area contributed by atoms with Crippen LogP contribution in [0.2, 0.25) is 0 Å². The van der Waals surface area contributed by atoms with Gasteiger partial charge in [-0.1, -0.05) is 0 Å². The molecule has 2 aliphatic heterocycles. The van der Waals surface area contributed by atoms with E-state index in [0.29, 0.717) is 12.1 Å². The number of morpholine rings is 1. The molecule has 3 atom stereocenters. The van der Waals surface area contributed by atoms with Crippen molar-refractivity contribution >= 4 is 6.47 Å². The lowest BCUT2D eigenvalue weighted by Gasteiger charge is -2.34. The average Bonchev–Trinajstić information content (AvgIpc) is 3.34. The molecule has 4 heterocycles.